The van der Waals surface area contributed by atoms with Crippen LogP contribution in [0, 0.1) is 10.5 Å². The lowest BCUT2D eigenvalue weighted by Crippen LogP contribution is -1.62. The predicted molar refractivity (Wildman–Crippen MR) is 36.2 cm³/mol. The molecule has 1 heterocycles. The van der Waals surface area contributed by atoms with Gasteiger partial charge in [0, 0.05) is 0 Å². The molecule has 0 atom stereocenters. The molecule has 0 aromatic carbocycles. The molecule has 1 aromatic rings. The zero-order chi connectivity index (χ0) is 5.28. The lowest BCUT2D eigenvalue weighted by molar-refractivity contribution is 0.532. The quantitative estimate of drug-likeness (QED) is 0.595. The first-order valence-corrected chi connectivity index (χ1v) is 3.08. The van der Waals surface area contributed by atoms with E-state index in [1.807, 2.05) is 13.0 Å². The summed E-state index contributed by atoms with van der Waals surface area (Å²) < 4.78 is 6.15. The molecule has 0 saturated carbocycles. The van der Waals surface area contributed by atoms with Crippen molar-refractivity contribution in [1.29, 1.82) is 0 Å². The Morgan fingerprint density at radius 2 is 2.43 bits per heavy atom. The van der Waals surface area contributed by atoms with E-state index in [9.17, 15) is 0 Å². The fourth-order valence-corrected chi connectivity index (χ4v) is 0.643. The molecule has 38 valence electrons. The summed E-state index contributed by atoms with van der Waals surface area (Å²) in [6.07, 6.45) is 1.69. The highest BCUT2D eigenvalue weighted by molar-refractivity contribution is 14.1. The molecular formula is C5H5IO. The third-order valence-electron chi connectivity index (χ3n) is 0.796. The van der Waals surface area contributed by atoms with Gasteiger partial charge in [0.15, 0.2) is 0 Å². The lowest BCUT2D eigenvalue weighted by atomic mass is 10.5. The van der Waals surface area contributed by atoms with Gasteiger partial charge in [0.05, 0.1) is 9.83 Å². The predicted octanol–water partition coefficient (Wildman–Crippen LogP) is 2.19. The van der Waals surface area contributed by atoms with E-state index in [1.165, 1.54) is 3.57 Å². The molecule has 0 unspecified atom stereocenters. The van der Waals surface area contributed by atoms with Crippen molar-refractivity contribution in [3.63, 3.8) is 0 Å². The summed E-state index contributed by atoms with van der Waals surface area (Å²) in [6, 6.07) is 1.94. The minimum Gasteiger partial charge on any atom is -0.469 e. The second-order valence-electron chi connectivity index (χ2n) is 1.32. The molecule has 2 heteroatoms. The molecule has 1 nitrogen and oxygen atoms in total. The fourth-order valence-electron chi connectivity index (χ4n) is 0.369. The Hall–Kier alpha value is 0.01000. The molecule has 0 bridgehead atoms. The van der Waals surface area contributed by atoms with Gasteiger partial charge in [-0.2, -0.15) is 0 Å². The van der Waals surface area contributed by atoms with E-state index < -0.39 is 0 Å². The van der Waals surface area contributed by atoms with Crippen molar-refractivity contribution in [3.05, 3.63) is 21.7 Å². The summed E-state index contributed by atoms with van der Waals surface area (Å²) in [4.78, 5) is 0. The normalized spacial score (nSPS) is 9.43. The van der Waals surface area contributed by atoms with Crippen LogP contribution in [-0.4, -0.2) is 0 Å². The second-order valence-corrected chi connectivity index (χ2v) is 2.49. The summed E-state index contributed by atoms with van der Waals surface area (Å²) in [6.45, 7) is 1.95. The number of rotatable bonds is 0. The van der Waals surface area contributed by atoms with Crippen molar-refractivity contribution in [3.8, 4) is 0 Å². The van der Waals surface area contributed by atoms with Gasteiger partial charge in [0.25, 0.3) is 0 Å². The van der Waals surface area contributed by atoms with Gasteiger partial charge in [-0.15, -0.1) is 0 Å². The van der Waals surface area contributed by atoms with Gasteiger partial charge in [-0.3, -0.25) is 0 Å². The Morgan fingerprint density at radius 1 is 1.71 bits per heavy atom. The Kier molecular flexibility index (Phi) is 1.37. The lowest BCUT2D eigenvalue weighted by Gasteiger charge is -1.77. The van der Waals surface area contributed by atoms with Gasteiger partial charge >= 0.3 is 0 Å². The summed E-state index contributed by atoms with van der Waals surface area (Å²) in [5.74, 6) is 1.00. The summed E-state index contributed by atoms with van der Waals surface area (Å²) in [7, 11) is 0. The van der Waals surface area contributed by atoms with Gasteiger partial charge in [-0.05, 0) is 35.6 Å². The minimum atomic E-state index is 1.00. The van der Waals surface area contributed by atoms with E-state index >= 15 is 0 Å². The zero-order valence-corrected chi connectivity index (χ0v) is 6.10. The average Bonchev–Trinajstić information content (AvgIpc) is 1.91. The molecule has 1 rings (SSSR count). The molecule has 0 N–H and O–H groups in total. The Bertz CT molecular complexity index is 140. The smallest absolute Gasteiger partial charge is 0.113 e. The number of aryl methyl sites for hydroxylation is 1. The first-order valence-electron chi connectivity index (χ1n) is 2.00. The largest absolute Gasteiger partial charge is 0.469 e. The highest BCUT2D eigenvalue weighted by atomic mass is 127. The van der Waals surface area contributed by atoms with E-state index in [1.54, 1.807) is 6.26 Å². The summed E-state index contributed by atoms with van der Waals surface area (Å²) in [5, 5.41) is 0. The summed E-state index contributed by atoms with van der Waals surface area (Å²) >= 11 is 2.23. The third kappa shape index (κ3) is 0.964. The van der Waals surface area contributed by atoms with Crippen molar-refractivity contribution in [2.24, 2.45) is 0 Å². The van der Waals surface area contributed by atoms with Gasteiger partial charge in [-0.25, -0.2) is 0 Å². The number of hydrogen-bond acceptors (Lipinski definition) is 1. The highest BCUT2D eigenvalue weighted by Gasteiger charge is 1.91. The fraction of sp³-hybridized carbons (Fsp3) is 0.200. The van der Waals surface area contributed by atoms with Gasteiger partial charge in [-0.1, -0.05) is 0 Å². The maximum absolute atomic E-state index is 4.96. The number of halogens is 1. The Morgan fingerprint density at radius 3 is 2.57 bits per heavy atom. The van der Waals surface area contributed by atoms with E-state index in [4.69, 9.17) is 4.42 Å². The topological polar surface area (TPSA) is 13.1 Å². The van der Waals surface area contributed by atoms with Crippen molar-refractivity contribution in [2.45, 2.75) is 6.92 Å². The molecule has 0 aliphatic rings. The average molecular weight is 208 g/mol. The van der Waals surface area contributed by atoms with Crippen LogP contribution in [0.5, 0.6) is 0 Å². The van der Waals surface area contributed by atoms with E-state index in [0.29, 0.717) is 0 Å². The highest BCUT2D eigenvalue weighted by Crippen LogP contribution is 2.09. The first kappa shape index (κ1) is 5.15. The van der Waals surface area contributed by atoms with Crippen LogP contribution < -0.4 is 0 Å². The molecule has 0 saturated heterocycles. The van der Waals surface area contributed by atoms with E-state index in [-0.39, 0.29) is 0 Å². The van der Waals surface area contributed by atoms with Crippen LogP contribution in [0.2, 0.25) is 0 Å². The third-order valence-corrected chi connectivity index (χ3v) is 1.91. The molecule has 7 heavy (non-hydrogen) atoms. The summed E-state index contributed by atoms with van der Waals surface area (Å²) in [5.41, 5.74) is 0. The minimum absolute atomic E-state index is 1.00. The van der Waals surface area contributed by atoms with Crippen LogP contribution in [-0.2, 0) is 0 Å². The Labute approximate surface area is 55.9 Å². The Balaban J connectivity index is 3.12. The molecule has 0 radical (unpaired) electrons. The molecule has 1 aromatic heterocycles. The molecular weight excluding hydrogens is 203 g/mol. The van der Waals surface area contributed by atoms with Crippen molar-refractivity contribution in [2.75, 3.05) is 0 Å². The van der Waals surface area contributed by atoms with E-state index in [0.717, 1.165) is 5.76 Å². The standard InChI is InChI=1S/C5H5IO/c1-4-5(6)2-3-7-4/h2-3H,1H3. The zero-order valence-electron chi connectivity index (χ0n) is 3.94. The van der Waals surface area contributed by atoms with Crippen LogP contribution in [0.1, 0.15) is 5.76 Å². The van der Waals surface area contributed by atoms with Crippen molar-refractivity contribution >= 4 is 22.6 Å². The number of hydrogen-bond donors (Lipinski definition) is 0. The van der Waals surface area contributed by atoms with Crippen LogP contribution in [0.25, 0.3) is 0 Å². The molecule has 0 aliphatic carbocycles. The van der Waals surface area contributed by atoms with Crippen LogP contribution in [0.4, 0.5) is 0 Å². The molecule has 0 spiro atoms. The second kappa shape index (κ2) is 1.86. The molecule has 0 fully saturated rings. The van der Waals surface area contributed by atoms with E-state index in [2.05, 4.69) is 22.6 Å². The van der Waals surface area contributed by atoms with Crippen molar-refractivity contribution in [1.82, 2.24) is 0 Å². The number of furan rings is 1. The first-order chi connectivity index (χ1) is 3.30. The monoisotopic (exact) mass is 208 g/mol. The van der Waals surface area contributed by atoms with Crippen LogP contribution in [0.15, 0.2) is 16.7 Å². The SMILES string of the molecule is Cc1occc1I. The van der Waals surface area contributed by atoms with Crippen LogP contribution >= 0.6 is 22.6 Å². The van der Waals surface area contributed by atoms with Gasteiger partial charge < -0.3 is 4.42 Å². The maximum atomic E-state index is 4.96. The molecule has 0 aliphatic heterocycles. The van der Waals surface area contributed by atoms with Crippen molar-refractivity contribution < 1.29 is 4.42 Å². The van der Waals surface area contributed by atoms with Gasteiger partial charge in [0.1, 0.15) is 5.76 Å². The maximum Gasteiger partial charge on any atom is 0.113 e. The molecule has 0 amide bonds. The van der Waals surface area contributed by atoms with Gasteiger partial charge in [0.2, 0.25) is 0 Å². The van der Waals surface area contributed by atoms with Crippen LogP contribution in [0.3, 0.4) is 0 Å².